The number of hydrogen-bond donors (Lipinski definition) is 1. The second-order valence-electron chi connectivity index (χ2n) is 6.84. The van der Waals surface area contributed by atoms with E-state index >= 15 is 0 Å². The Hall–Kier alpha value is -0.820. The predicted octanol–water partition coefficient (Wildman–Crippen LogP) is 5.38. The van der Waals surface area contributed by atoms with Crippen molar-refractivity contribution in [3.05, 3.63) is 35.4 Å². The summed E-state index contributed by atoms with van der Waals surface area (Å²) < 4.78 is 0. The minimum atomic E-state index is 0.411. The van der Waals surface area contributed by atoms with Crippen molar-refractivity contribution in [1.82, 2.24) is 5.32 Å². The van der Waals surface area contributed by atoms with E-state index in [1.54, 1.807) is 0 Å². The molecule has 0 saturated heterocycles. The molecule has 0 aromatic heterocycles. The zero-order valence-electron chi connectivity index (χ0n) is 14.8. The molecule has 1 aromatic rings. The first-order chi connectivity index (χ1) is 10.0. The minimum absolute atomic E-state index is 0.411. The van der Waals surface area contributed by atoms with Gasteiger partial charge in [0.05, 0.1) is 0 Å². The van der Waals surface area contributed by atoms with Crippen molar-refractivity contribution in [2.45, 2.75) is 79.2 Å². The second kappa shape index (κ2) is 9.25. The molecule has 1 rings (SSSR count). The minimum Gasteiger partial charge on any atom is -0.314 e. The molecule has 0 radical (unpaired) electrons. The molecule has 0 amide bonds. The maximum Gasteiger partial charge on any atom is 0.00133 e. The lowest BCUT2D eigenvalue weighted by Gasteiger charge is -2.34. The molecule has 21 heavy (non-hydrogen) atoms. The monoisotopic (exact) mass is 289 g/mol. The van der Waals surface area contributed by atoms with E-state index in [0.29, 0.717) is 11.5 Å². The maximum atomic E-state index is 3.69. The van der Waals surface area contributed by atoms with Crippen LogP contribution in [0.2, 0.25) is 0 Å². The fourth-order valence-electron chi connectivity index (χ4n) is 2.96. The molecule has 0 heterocycles. The van der Waals surface area contributed by atoms with Crippen LogP contribution >= 0.6 is 0 Å². The van der Waals surface area contributed by atoms with Gasteiger partial charge in [-0.3, -0.25) is 0 Å². The molecule has 0 aliphatic carbocycles. The van der Waals surface area contributed by atoms with E-state index in [-0.39, 0.29) is 0 Å². The highest BCUT2D eigenvalue weighted by atomic mass is 14.9. The molecular weight excluding hydrogens is 254 g/mol. The Balaban J connectivity index is 2.81. The lowest BCUT2D eigenvalue weighted by atomic mass is 9.75. The summed E-state index contributed by atoms with van der Waals surface area (Å²) in [6, 6.07) is 9.84. The zero-order valence-corrected chi connectivity index (χ0v) is 14.8. The number of aryl methyl sites for hydroxylation is 1. The molecule has 0 spiro atoms. The van der Waals surface area contributed by atoms with Gasteiger partial charge >= 0.3 is 0 Å². The van der Waals surface area contributed by atoms with Crippen molar-refractivity contribution >= 4 is 0 Å². The number of rotatable bonds is 10. The normalized spacial score (nSPS) is 14.4. The van der Waals surface area contributed by atoms with Gasteiger partial charge in [-0.15, -0.1) is 0 Å². The molecular formula is C20H35N. The van der Waals surface area contributed by atoms with Gasteiger partial charge in [0.25, 0.3) is 0 Å². The second-order valence-corrected chi connectivity index (χ2v) is 6.84. The molecule has 1 N–H and O–H groups in total. The van der Waals surface area contributed by atoms with Crippen molar-refractivity contribution < 1.29 is 0 Å². The third-order valence-corrected chi connectivity index (χ3v) is 4.71. The van der Waals surface area contributed by atoms with Gasteiger partial charge in [0, 0.05) is 12.6 Å². The average Bonchev–Trinajstić information content (AvgIpc) is 2.51. The molecule has 0 aliphatic heterocycles. The summed E-state index contributed by atoms with van der Waals surface area (Å²) in [6.45, 7) is 12.5. The molecule has 0 saturated carbocycles. The molecule has 0 fully saturated rings. The highest BCUT2D eigenvalue weighted by molar-refractivity contribution is 5.23. The number of nitrogens with one attached hydrogen (secondary N) is 1. The van der Waals surface area contributed by atoms with E-state index in [1.807, 2.05) is 0 Å². The van der Waals surface area contributed by atoms with Crippen LogP contribution in [0.25, 0.3) is 0 Å². The van der Waals surface area contributed by atoms with E-state index in [2.05, 4.69) is 64.2 Å². The Bertz CT molecular complexity index is 379. The summed E-state index contributed by atoms with van der Waals surface area (Å²) in [5.41, 5.74) is 3.35. The number of unbranched alkanes of at least 4 members (excludes halogenated alkanes) is 1. The maximum absolute atomic E-state index is 3.69. The fraction of sp³-hybridized carbons (Fsp3) is 0.700. The summed E-state index contributed by atoms with van der Waals surface area (Å²) >= 11 is 0. The van der Waals surface area contributed by atoms with Crippen LogP contribution in [-0.2, 0) is 12.8 Å². The first-order valence-electron chi connectivity index (χ1n) is 8.86. The summed E-state index contributed by atoms with van der Waals surface area (Å²) in [5, 5.41) is 3.69. The van der Waals surface area contributed by atoms with Gasteiger partial charge in [-0.05, 0) is 42.2 Å². The Labute approximate surface area is 132 Å². The number of hydrogen-bond acceptors (Lipinski definition) is 1. The quantitative estimate of drug-likeness (QED) is 0.610. The Morgan fingerprint density at radius 1 is 1.00 bits per heavy atom. The van der Waals surface area contributed by atoms with Crippen molar-refractivity contribution in [3.63, 3.8) is 0 Å². The summed E-state index contributed by atoms with van der Waals surface area (Å²) in [7, 11) is 0. The summed E-state index contributed by atoms with van der Waals surface area (Å²) in [4.78, 5) is 0. The Morgan fingerprint density at radius 2 is 1.62 bits per heavy atom. The van der Waals surface area contributed by atoms with Gasteiger partial charge in [0.1, 0.15) is 0 Å². The molecule has 1 aromatic carbocycles. The van der Waals surface area contributed by atoms with E-state index in [9.17, 15) is 0 Å². The molecule has 1 nitrogen and oxygen atoms in total. The van der Waals surface area contributed by atoms with E-state index in [1.165, 1.54) is 43.2 Å². The van der Waals surface area contributed by atoms with Crippen molar-refractivity contribution in [2.24, 2.45) is 5.41 Å². The highest BCUT2D eigenvalue weighted by Crippen LogP contribution is 2.33. The SMILES string of the molecule is CCCCC(CC)(CNC(C)C)Cc1ccc(CC)cc1. The molecule has 1 heteroatoms. The smallest absolute Gasteiger partial charge is 0.00133 e. The van der Waals surface area contributed by atoms with Crippen LogP contribution in [0.15, 0.2) is 24.3 Å². The van der Waals surface area contributed by atoms with E-state index in [4.69, 9.17) is 0 Å². The predicted molar refractivity (Wildman–Crippen MR) is 94.9 cm³/mol. The van der Waals surface area contributed by atoms with Crippen molar-refractivity contribution in [3.8, 4) is 0 Å². The Kier molecular flexibility index (Phi) is 8.03. The van der Waals surface area contributed by atoms with E-state index < -0.39 is 0 Å². The van der Waals surface area contributed by atoms with Gasteiger partial charge in [-0.1, -0.05) is 71.7 Å². The van der Waals surface area contributed by atoms with Crippen LogP contribution in [0.3, 0.4) is 0 Å². The zero-order chi connectivity index (χ0) is 15.7. The lowest BCUT2D eigenvalue weighted by molar-refractivity contribution is 0.223. The molecule has 120 valence electrons. The lowest BCUT2D eigenvalue weighted by Crippen LogP contribution is -2.39. The third kappa shape index (κ3) is 6.22. The first-order valence-corrected chi connectivity index (χ1v) is 8.86. The van der Waals surface area contributed by atoms with Crippen LogP contribution in [0.1, 0.15) is 71.4 Å². The topological polar surface area (TPSA) is 12.0 Å². The van der Waals surface area contributed by atoms with Crippen LogP contribution in [0, 0.1) is 5.41 Å². The van der Waals surface area contributed by atoms with Crippen molar-refractivity contribution in [2.75, 3.05) is 6.54 Å². The molecule has 1 unspecified atom stereocenters. The standard InChI is InChI=1S/C20H35N/c1-6-9-14-20(8-3,16-21-17(4)5)15-19-12-10-18(7-2)11-13-19/h10-13,17,21H,6-9,14-16H2,1-5H3. The Morgan fingerprint density at radius 3 is 2.10 bits per heavy atom. The number of benzene rings is 1. The highest BCUT2D eigenvalue weighted by Gasteiger charge is 2.27. The van der Waals surface area contributed by atoms with Crippen LogP contribution < -0.4 is 5.32 Å². The van der Waals surface area contributed by atoms with Gasteiger partial charge in [0.15, 0.2) is 0 Å². The van der Waals surface area contributed by atoms with Crippen LogP contribution in [0.5, 0.6) is 0 Å². The summed E-state index contributed by atoms with van der Waals surface area (Å²) in [5.74, 6) is 0. The average molecular weight is 290 g/mol. The van der Waals surface area contributed by atoms with Gasteiger partial charge in [-0.25, -0.2) is 0 Å². The molecule has 0 aliphatic rings. The van der Waals surface area contributed by atoms with Gasteiger partial charge in [-0.2, -0.15) is 0 Å². The van der Waals surface area contributed by atoms with Crippen LogP contribution in [-0.4, -0.2) is 12.6 Å². The molecule has 1 atom stereocenters. The first kappa shape index (κ1) is 18.2. The van der Waals surface area contributed by atoms with E-state index in [0.717, 1.165) is 13.0 Å². The fourth-order valence-corrected chi connectivity index (χ4v) is 2.96. The van der Waals surface area contributed by atoms with Gasteiger partial charge < -0.3 is 5.32 Å². The van der Waals surface area contributed by atoms with Crippen LogP contribution in [0.4, 0.5) is 0 Å². The largest absolute Gasteiger partial charge is 0.314 e. The third-order valence-electron chi connectivity index (χ3n) is 4.71. The van der Waals surface area contributed by atoms with Crippen molar-refractivity contribution in [1.29, 1.82) is 0 Å². The van der Waals surface area contributed by atoms with Gasteiger partial charge in [0.2, 0.25) is 0 Å². The molecule has 0 bridgehead atoms. The summed E-state index contributed by atoms with van der Waals surface area (Å²) in [6.07, 6.45) is 7.54.